The minimum absolute atomic E-state index is 0.0518. The fraction of sp³-hybridized carbons (Fsp3) is 0.625. The van der Waals surface area contributed by atoms with Gasteiger partial charge in [-0.3, -0.25) is 9.30 Å². The van der Waals surface area contributed by atoms with E-state index in [0.717, 1.165) is 19.7 Å². The number of fused-ring (bicyclic) bond motifs is 2. The van der Waals surface area contributed by atoms with Crippen molar-refractivity contribution in [1.29, 1.82) is 0 Å². The van der Waals surface area contributed by atoms with Crippen molar-refractivity contribution in [2.45, 2.75) is 44.4 Å². The van der Waals surface area contributed by atoms with Gasteiger partial charge in [0.25, 0.3) is 0 Å². The zero-order valence-electron chi connectivity index (χ0n) is 12.7. The minimum atomic E-state index is -0.0518. The number of nitrogens with zero attached hydrogens (tertiary/aromatic N) is 4. The molecule has 1 aliphatic carbocycles. The standard InChI is InChI=1S/C16H22N4O2/c21-16-19-8-4-3-7-15(19)17-20(16)10-9-18-11-12-22-14-6-2-1-5-13(14)18/h3-4,7-8,13-14H,1-2,5-6,9-12H2. The summed E-state index contributed by atoms with van der Waals surface area (Å²) in [7, 11) is 0. The lowest BCUT2D eigenvalue weighted by atomic mass is 9.90. The quantitative estimate of drug-likeness (QED) is 0.853. The average molecular weight is 302 g/mol. The molecule has 0 radical (unpaired) electrons. The molecule has 2 fully saturated rings. The third kappa shape index (κ3) is 2.46. The topological polar surface area (TPSA) is 51.8 Å². The van der Waals surface area contributed by atoms with Crippen molar-refractivity contribution in [3.63, 3.8) is 0 Å². The summed E-state index contributed by atoms with van der Waals surface area (Å²) < 4.78 is 9.09. The van der Waals surface area contributed by atoms with Crippen LogP contribution in [0.4, 0.5) is 0 Å². The van der Waals surface area contributed by atoms with Gasteiger partial charge in [0.2, 0.25) is 0 Å². The molecule has 1 saturated heterocycles. The van der Waals surface area contributed by atoms with Crippen LogP contribution in [0.2, 0.25) is 0 Å². The highest BCUT2D eigenvalue weighted by Crippen LogP contribution is 2.28. The Hall–Kier alpha value is -1.66. The fourth-order valence-electron chi connectivity index (χ4n) is 3.79. The molecule has 2 aliphatic rings. The molecule has 6 heteroatoms. The van der Waals surface area contributed by atoms with Crippen LogP contribution in [0.3, 0.4) is 0 Å². The average Bonchev–Trinajstić information content (AvgIpc) is 2.89. The van der Waals surface area contributed by atoms with Crippen molar-refractivity contribution in [1.82, 2.24) is 19.1 Å². The molecule has 2 atom stereocenters. The summed E-state index contributed by atoms with van der Waals surface area (Å²) >= 11 is 0. The van der Waals surface area contributed by atoms with Crippen molar-refractivity contribution < 1.29 is 4.74 Å². The zero-order chi connectivity index (χ0) is 14.9. The molecule has 1 saturated carbocycles. The molecule has 0 amide bonds. The fourth-order valence-corrected chi connectivity index (χ4v) is 3.79. The Kier molecular flexibility index (Phi) is 3.72. The first kappa shape index (κ1) is 14.0. The molecule has 0 N–H and O–H groups in total. The number of hydrogen-bond acceptors (Lipinski definition) is 4. The van der Waals surface area contributed by atoms with Crippen LogP contribution in [0.5, 0.6) is 0 Å². The van der Waals surface area contributed by atoms with Gasteiger partial charge in [0, 0.05) is 25.3 Å². The molecule has 6 nitrogen and oxygen atoms in total. The zero-order valence-corrected chi connectivity index (χ0v) is 12.7. The van der Waals surface area contributed by atoms with Crippen molar-refractivity contribution in [3.8, 4) is 0 Å². The number of pyridine rings is 1. The molecule has 22 heavy (non-hydrogen) atoms. The highest BCUT2D eigenvalue weighted by molar-refractivity contribution is 5.35. The molecule has 118 valence electrons. The van der Waals surface area contributed by atoms with Gasteiger partial charge in [-0.05, 0) is 25.0 Å². The maximum atomic E-state index is 12.3. The summed E-state index contributed by atoms with van der Waals surface area (Å²) in [5, 5.41) is 4.41. The number of ether oxygens (including phenoxy) is 1. The van der Waals surface area contributed by atoms with Gasteiger partial charge >= 0.3 is 5.69 Å². The van der Waals surface area contributed by atoms with Gasteiger partial charge in [-0.1, -0.05) is 18.9 Å². The Bertz CT molecular complexity index is 705. The van der Waals surface area contributed by atoms with E-state index < -0.39 is 0 Å². The molecule has 2 aromatic rings. The second kappa shape index (κ2) is 5.85. The summed E-state index contributed by atoms with van der Waals surface area (Å²) in [5.74, 6) is 0. The smallest absolute Gasteiger partial charge is 0.350 e. The molecule has 0 spiro atoms. The van der Waals surface area contributed by atoms with E-state index in [1.54, 1.807) is 15.3 Å². The minimum Gasteiger partial charge on any atom is -0.375 e. The van der Waals surface area contributed by atoms with Gasteiger partial charge in [-0.15, -0.1) is 5.10 Å². The Balaban J connectivity index is 1.49. The highest BCUT2D eigenvalue weighted by atomic mass is 16.5. The van der Waals surface area contributed by atoms with Crippen molar-refractivity contribution in [2.75, 3.05) is 19.7 Å². The third-order valence-electron chi connectivity index (χ3n) is 4.93. The number of hydrogen-bond donors (Lipinski definition) is 0. The number of morpholine rings is 1. The van der Waals surface area contributed by atoms with E-state index in [-0.39, 0.29) is 5.69 Å². The van der Waals surface area contributed by atoms with Gasteiger partial charge < -0.3 is 4.74 Å². The maximum Gasteiger partial charge on any atom is 0.350 e. The van der Waals surface area contributed by atoms with E-state index in [1.807, 2.05) is 18.2 Å². The van der Waals surface area contributed by atoms with Crippen LogP contribution in [-0.2, 0) is 11.3 Å². The number of rotatable bonds is 3. The van der Waals surface area contributed by atoms with Gasteiger partial charge in [0.05, 0.1) is 19.3 Å². The summed E-state index contributed by atoms with van der Waals surface area (Å²) in [5.41, 5.74) is 0.661. The molecular formula is C16H22N4O2. The summed E-state index contributed by atoms with van der Waals surface area (Å²) in [6, 6.07) is 6.15. The van der Waals surface area contributed by atoms with E-state index in [4.69, 9.17) is 4.74 Å². The Morgan fingerprint density at radius 1 is 1.23 bits per heavy atom. The van der Waals surface area contributed by atoms with Gasteiger partial charge in [-0.2, -0.15) is 0 Å². The second-order valence-corrected chi connectivity index (χ2v) is 6.23. The molecule has 1 aliphatic heterocycles. The molecular weight excluding hydrogens is 280 g/mol. The summed E-state index contributed by atoms with van der Waals surface area (Å²) in [4.78, 5) is 14.8. The highest BCUT2D eigenvalue weighted by Gasteiger charge is 2.33. The van der Waals surface area contributed by atoms with Crippen LogP contribution in [0, 0.1) is 0 Å². The van der Waals surface area contributed by atoms with Crippen LogP contribution < -0.4 is 5.69 Å². The molecule has 3 heterocycles. The molecule has 2 aromatic heterocycles. The first-order valence-corrected chi connectivity index (χ1v) is 8.23. The predicted octanol–water partition coefficient (Wildman–Crippen LogP) is 1.14. The van der Waals surface area contributed by atoms with Gasteiger partial charge in [-0.25, -0.2) is 9.48 Å². The lowest BCUT2D eigenvalue weighted by molar-refractivity contribution is -0.0889. The van der Waals surface area contributed by atoms with Gasteiger partial charge in [0.15, 0.2) is 5.65 Å². The van der Waals surface area contributed by atoms with E-state index in [2.05, 4.69) is 10.00 Å². The van der Waals surface area contributed by atoms with Crippen molar-refractivity contribution in [3.05, 3.63) is 34.9 Å². The Labute approximate surface area is 129 Å². The van der Waals surface area contributed by atoms with Crippen LogP contribution in [-0.4, -0.2) is 50.9 Å². The monoisotopic (exact) mass is 302 g/mol. The Morgan fingerprint density at radius 3 is 3.05 bits per heavy atom. The normalized spacial score (nSPS) is 26.2. The lowest BCUT2D eigenvalue weighted by Gasteiger charge is -2.43. The Morgan fingerprint density at radius 2 is 2.14 bits per heavy atom. The number of aromatic nitrogens is 3. The maximum absolute atomic E-state index is 12.3. The van der Waals surface area contributed by atoms with Crippen LogP contribution in [0.25, 0.3) is 5.65 Å². The largest absolute Gasteiger partial charge is 0.375 e. The summed E-state index contributed by atoms with van der Waals surface area (Å²) in [6.45, 7) is 3.28. The molecule has 0 aromatic carbocycles. The summed E-state index contributed by atoms with van der Waals surface area (Å²) in [6.07, 6.45) is 7.11. The third-order valence-corrected chi connectivity index (χ3v) is 4.93. The molecule has 2 unspecified atom stereocenters. The van der Waals surface area contributed by atoms with Crippen molar-refractivity contribution in [2.24, 2.45) is 0 Å². The van der Waals surface area contributed by atoms with Crippen LogP contribution >= 0.6 is 0 Å². The SMILES string of the molecule is O=c1n(CCN2CCOC3CCCCC32)nc2ccccn12. The lowest BCUT2D eigenvalue weighted by Crippen LogP contribution is -2.53. The van der Waals surface area contributed by atoms with E-state index in [9.17, 15) is 4.79 Å². The molecule has 0 bridgehead atoms. The first-order valence-electron chi connectivity index (χ1n) is 8.23. The van der Waals surface area contributed by atoms with Crippen LogP contribution in [0.15, 0.2) is 29.2 Å². The van der Waals surface area contributed by atoms with E-state index in [1.165, 1.54) is 25.7 Å². The van der Waals surface area contributed by atoms with Crippen molar-refractivity contribution >= 4 is 5.65 Å². The van der Waals surface area contributed by atoms with E-state index >= 15 is 0 Å². The second-order valence-electron chi connectivity index (χ2n) is 6.23. The van der Waals surface area contributed by atoms with E-state index in [0.29, 0.717) is 24.3 Å². The first-order chi connectivity index (χ1) is 10.8. The predicted molar refractivity (Wildman–Crippen MR) is 83.0 cm³/mol. The molecule has 4 rings (SSSR count). The van der Waals surface area contributed by atoms with Gasteiger partial charge in [0.1, 0.15) is 0 Å². The van der Waals surface area contributed by atoms with Crippen LogP contribution in [0.1, 0.15) is 25.7 Å².